The van der Waals surface area contributed by atoms with Crippen LogP contribution < -0.4 is 0 Å². The van der Waals surface area contributed by atoms with Gasteiger partial charge >= 0.3 is 12.0 Å². The van der Waals surface area contributed by atoms with Crippen LogP contribution in [0.15, 0.2) is 84.9 Å². The predicted octanol–water partition coefficient (Wildman–Crippen LogP) is 5.53. The molecule has 1 aliphatic heterocycles. The monoisotopic (exact) mass is 470 g/mol. The lowest BCUT2D eigenvalue weighted by Crippen LogP contribution is -2.47. The zero-order valence-electron chi connectivity index (χ0n) is 20.2. The van der Waals surface area contributed by atoms with E-state index in [0.29, 0.717) is 5.56 Å². The van der Waals surface area contributed by atoms with Gasteiger partial charge in [-0.15, -0.1) is 0 Å². The van der Waals surface area contributed by atoms with Gasteiger partial charge in [-0.3, -0.25) is 4.79 Å². The first-order valence-electron chi connectivity index (χ1n) is 11.8. The van der Waals surface area contributed by atoms with Gasteiger partial charge in [-0.2, -0.15) is 0 Å². The Balaban J connectivity index is 1.72. The SMILES string of the molecule is CC(C)C[C@@H](C(=O)O)N1C(=O)N(Cc2ccc(-c3ccccc3)cc2)[C@@](C)(c2ccccc2)C1=O. The van der Waals surface area contributed by atoms with E-state index < -0.39 is 29.5 Å². The largest absolute Gasteiger partial charge is 0.480 e. The van der Waals surface area contributed by atoms with Crippen LogP contribution >= 0.6 is 0 Å². The number of hydrogen-bond acceptors (Lipinski definition) is 3. The number of hydrogen-bond donors (Lipinski definition) is 1. The number of carboxylic acid groups (broad SMARTS) is 1. The molecule has 3 aromatic carbocycles. The molecular weight excluding hydrogens is 440 g/mol. The average Bonchev–Trinajstić information content (AvgIpc) is 3.05. The molecule has 4 rings (SSSR count). The van der Waals surface area contributed by atoms with E-state index in [2.05, 4.69) is 0 Å². The number of carbonyl (C=O) groups excluding carboxylic acids is 2. The fraction of sp³-hybridized carbons (Fsp3) is 0.276. The van der Waals surface area contributed by atoms with Crippen molar-refractivity contribution in [3.63, 3.8) is 0 Å². The van der Waals surface area contributed by atoms with E-state index in [9.17, 15) is 19.5 Å². The molecule has 2 atom stereocenters. The zero-order valence-corrected chi connectivity index (χ0v) is 20.2. The first-order valence-corrected chi connectivity index (χ1v) is 11.8. The summed E-state index contributed by atoms with van der Waals surface area (Å²) in [5.41, 5.74) is 2.32. The molecule has 0 radical (unpaired) electrons. The summed E-state index contributed by atoms with van der Waals surface area (Å²) in [6.07, 6.45) is 0.192. The third-order valence-corrected chi connectivity index (χ3v) is 6.64. The van der Waals surface area contributed by atoms with Gasteiger partial charge < -0.3 is 10.0 Å². The van der Waals surface area contributed by atoms with E-state index in [0.717, 1.165) is 21.6 Å². The molecule has 0 bridgehead atoms. The normalized spacial score (nSPS) is 18.9. The first kappa shape index (κ1) is 24.2. The lowest BCUT2D eigenvalue weighted by Gasteiger charge is -2.32. The van der Waals surface area contributed by atoms with Crippen LogP contribution in [-0.2, 0) is 21.7 Å². The lowest BCUT2D eigenvalue weighted by molar-refractivity contribution is -0.148. The Hall–Kier alpha value is -3.93. The van der Waals surface area contributed by atoms with Crippen LogP contribution in [0.1, 0.15) is 38.3 Å². The molecule has 1 saturated heterocycles. The predicted molar refractivity (Wildman–Crippen MR) is 134 cm³/mol. The van der Waals surface area contributed by atoms with Crippen LogP contribution in [-0.4, -0.2) is 38.9 Å². The number of nitrogens with zero attached hydrogens (tertiary/aromatic N) is 2. The van der Waals surface area contributed by atoms with Crippen molar-refractivity contribution in [2.45, 2.75) is 45.3 Å². The number of carboxylic acids is 1. The summed E-state index contributed by atoms with van der Waals surface area (Å²) in [4.78, 5) is 42.1. The van der Waals surface area contributed by atoms with Gasteiger partial charge in [0, 0.05) is 6.54 Å². The first-order chi connectivity index (χ1) is 16.7. The van der Waals surface area contributed by atoms with Crippen LogP contribution in [0.4, 0.5) is 4.79 Å². The van der Waals surface area contributed by atoms with Gasteiger partial charge in [0.15, 0.2) is 0 Å². The highest BCUT2D eigenvalue weighted by Gasteiger charge is 2.58. The van der Waals surface area contributed by atoms with Crippen LogP contribution in [0.3, 0.4) is 0 Å². The molecule has 3 amide bonds. The second-order valence-electron chi connectivity index (χ2n) is 9.53. The third kappa shape index (κ3) is 4.56. The van der Waals surface area contributed by atoms with E-state index >= 15 is 0 Å². The molecule has 0 unspecified atom stereocenters. The summed E-state index contributed by atoms with van der Waals surface area (Å²) in [5.74, 6) is -1.69. The Kier molecular flexibility index (Phi) is 6.74. The minimum absolute atomic E-state index is 0.000683. The van der Waals surface area contributed by atoms with Gasteiger partial charge in [-0.1, -0.05) is 98.8 Å². The van der Waals surface area contributed by atoms with Crippen molar-refractivity contribution in [3.05, 3.63) is 96.1 Å². The van der Waals surface area contributed by atoms with Gasteiger partial charge in [0.25, 0.3) is 5.91 Å². The summed E-state index contributed by atoms with van der Waals surface area (Å²) in [7, 11) is 0. The average molecular weight is 471 g/mol. The summed E-state index contributed by atoms with van der Waals surface area (Å²) in [6.45, 7) is 5.64. The van der Waals surface area contributed by atoms with Crippen molar-refractivity contribution in [3.8, 4) is 11.1 Å². The van der Waals surface area contributed by atoms with Crippen LogP contribution in [0, 0.1) is 5.92 Å². The maximum atomic E-state index is 13.8. The molecule has 180 valence electrons. The molecule has 0 aromatic heterocycles. The second-order valence-corrected chi connectivity index (χ2v) is 9.53. The highest BCUT2D eigenvalue weighted by atomic mass is 16.4. The molecule has 1 fully saturated rings. The Morgan fingerprint density at radius 2 is 1.40 bits per heavy atom. The van der Waals surface area contributed by atoms with E-state index in [1.165, 1.54) is 4.90 Å². The topological polar surface area (TPSA) is 77.9 Å². The van der Waals surface area contributed by atoms with Gasteiger partial charge in [0.05, 0.1) is 0 Å². The van der Waals surface area contributed by atoms with Crippen molar-refractivity contribution >= 4 is 17.9 Å². The molecule has 1 aliphatic rings. The van der Waals surface area contributed by atoms with E-state index in [1.807, 2.05) is 86.6 Å². The minimum Gasteiger partial charge on any atom is -0.480 e. The summed E-state index contributed by atoms with van der Waals surface area (Å²) >= 11 is 0. The molecule has 0 saturated carbocycles. The Morgan fingerprint density at radius 3 is 1.94 bits per heavy atom. The molecule has 1 N–H and O–H groups in total. The quantitative estimate of drug-likeness (QED) is 0.439. The van der Waals surface area contributed by atoms with Crippen molar-refractivity contribution in [1.29, 1.82) is 0 Å². The summed E-state index contributed by atoms with van der Waals surface area (Å²) in [5, 5.41) is 9.91. The molecule has 0 spiro atoms. The van der Waals surface area contributed by atoms with Crippen LogP contribution in [0.2, 0.25) is 0 Å². The molecule has 1 heterocycles. The third-order valence-electron chi connectivity index (χ3n) is 6.64. The molecular formula is C29H30N2O4. The number of amides is 3. The molecule has 6 nitrogen and oxygen atoms in total. The van der Waals surface area contributed by atoms with Crippen LogP contribution in [0.5, 0.6) is 0 Å². The standard InChI is InChI=1S/C29H30N2O4/c1-20(2)18-25(26(32)33)31-27(34)29(3,24-12-8-5-9-13-24)30(28(31)35)19-21-14-16-23(17-15-21)22-10-6-4-7-11-22/h4-17,20,25H,18-19H2,1-3H3,(H,32,33)/t25-,29-/m0/s1. The maximum Gasteiger partial charge on any atom is 0.329 e. The molecule has 0 aliphatic carbocycles. The number of imide groups is 1. The summed E-state index contributed by atoms with van der Waals surface area (Å²) in [6, 6.07) is 25.1. The summed E-state index contributed by atoms with van der Waals surface area (Å²) < 4.78 is 0. The Bertz CT molecular complexity index is 1210. The van der Waals surface area contributed by atoms with E-state index in [-0.39, 0.29) is 18.9 Å². The van der Waals surface area contributed by atoms with Crippen molar-refractivity contribution in [2.75, 3.05) is 0 Å². The smallest absolute Gasteiger partial charge is 0.329 e. The van der Waals surface area contributed by atoms with E-state index in [4.69, 9.17) is 0 Å². The second kappa shape index (κ2) is 9.74. The molecule has 35 heavy (non-hydrogen) atoms. The van der Waals surface area contributed by atoms with Gasteiger partial charge in [0.1, 0.15) is 11.6 Å². The number of carbonyl (C=O) groups is 3. The van der Waals surface area contributed by atoms with Crippen molar-refractivity contribution < 1.29 is 19.5 Å². The fourth-order valence-corrected chi connectivity index (χ4v) is 4.68. The number of rotatable bonds is 8. The highest BCUT2D eigenvalue weighted by Crippen LogP contribution is 2.40. The van der Waals surface area contributed by atoms with Crippen LogP contribution in [0.25, 0.3) is 11.1 Å². The Labute approximate surface area is 205 Å². The van der Waals surface area contributed by atoms with Gasteiger partial charge in [-0.25, -0.2) is 14.5 Å². The van der Waals surface area contributed by atoms with Gasteiger partial charge in [-0.05, 0) is 41.5 Å². The highest BCUT2D eigenvalue weighted by molar-refractivity contribution is 6.09. The minimum atomic E-state index is -1.32. The van der Waals surface area contributed by atoms with Crippen molar-refractivity contribution in [1.82, 2.24) is 9.80 Å². The van der Waals surface area contributed by atoms with Crippen molar-refractivity contribution in [2.24, 2.45) is 5.92 Å². The fourth-order valence-electron chi connectivity index (χ4n) is 4.68. The number of urea groups is 1. The molecule has 6 heteroatoms. The maximum absolute atomic E-state index is 13.8. The zero-order chi connectivity index (χ0) is 25.2. The molecule has 3 aromatic rings. The Morgan fingerprint density at radius 1 is 0.857 bits per heavy atom. The van der Waals surface area contributed by atoms with Gasteiger partial charge in [0.2, 0.25) is 0 Å². The lowest BCUT2D eigenvalue weighted by atomic mass is 9.89. The number of aliphatic carboxylic acids is 1. The number of benzene rings is 3. The van der Waals surface area contributed by atoms with E-state index in [1.54, 1.807) is 19.1 Å².